The third-order valence-corrected chi connectivity index (χ3v) is 12.2. The highest BCUT2D eigenvalue weighted by Gasteiger charge is 2.31. The van der Waals surface area contributed by atoms with Crippen LogP contribution in [0.5, 0.6) is 0 Å². The molecule has 0 spiro atoms. The molecule has 0 fully saturated rings. The van der Waals surface area contributed by atoms with Crippen LogP contribution in [0.2, 0.25) is 0 Å². The molecule has 0 amide bonds. The number of rotatable bonds is 6. The number of aryl methyl sites for hydroxylation is 4. The minimum absolute atomic E-state index is 0.129. The number of hydrogen-bond donors (Lipinski definition) is 0. The quantitative estimate of drug-likeness (QED) is 0.154. The molecular weight excluding hydrogens is 858 g/mol. The Morgan fingerprint density at radius 2 is 0.926 bits per heavy atom. The second-order valence-electron chi connectivity index (χ2n) is 16.6. The minimum atomic E-state index is -4.63. The first kappa shape index (κ1) is 41.6. The smallest absolute Gasteiger partial charge is 0.309 e. The molecule has 0 aliphatic heterocycles. The van der Waals surface area contributed by atoms with Crippen LogP contribution in [0.1, 0.15) is 28.9 Å². The average Bonchev–Trinajstić information content (AvgIpc) is 3.84. The van der Waals surface area contributed by atoms with Crippen molar-refractivity contribution in [2.75, 3.05) is 0 Å². The number of para-hydroxylation sites is 2. The lowest BCUT2D eigenvalue weighted by Gasteiger charge is -2.20. The molecule has 11 aromatic rings. The van der Waals surface area contributed by atoms with Gasteiger partial charge in [-0.1, -0.05) is 66.7 Å². The Morgan fingerprint density at radius 1 is 0.426 bits per heavy atom. The Morgan fingerprint density at radius 3 is 1.46 bits per heavy atom. The molecular formula is C55H35F3N10. The lowest BCUT2D eigenvalue weighted by atomic mass is 9.95. The van der Waals surface area contributed by atoms with Crippen molar-refractivity contribution in [2.24, 2.45) is 0 Å². The zero-order chi connectivity index (χ0) is 47.0. The first-order valence-corrected chi connectivity index (χ1v) is 21.6. The third kappa shape index (κ3) is 6.96. The van der Waals surface area contributed by atoms with E-state index < -0.39 is 11.7 Å². The van der Waals surface area contributed by atoms with Crippen molar-refractivity contribution < 1.29 is 13.2 Å². The molecule has 4 heterocycles. The number of halogens is 3. The fourth-order valence-electron chi connectivity index (χ4n) is 9.39. The zero-order valence-electron chi connectivity index (χ0n) is 36.9. The van der Waals surface area contributed by atoms with E-state index in [-0.39, 0.29) is 5.69 Å². The molecule has 68 heavy (non-hydrogen) atoms. The van der Waals surface area contributed by atoms with E-state index >= 15 is 0 Å². The van der Waals surface area contributed by atoms with Gasteiger partial charge in [0.1, 0.15) is 23.3 Å². The number of fused-ring (bicyclic) bond motifs is 6. The zero-order valence-corrected chi connectivity index (χ0v) is 36.9. The molecule has 7 aromatic carbocycles. The van der Waals surface area contributed by atoms with Gasteiger partial charge in [-0.2, -0.15) is 13.2 Å². The Kier molecular flexibility index (Phi) is 9.69. The molecule has 0 N–H and O–H groups in total. The fraction of sp³-hybridized carbons (Fsp3) is 0.0909. The fourth-order valence-corrected chi connectivity index (χ4v) is 9.39. The number of aromatic nitrogens is 8. The highest BCUT2D eigenvalue weighted by molar-refractivity contribution is 6.13. The van der Waals surface area contributed by atoms with E-state index in [1.165, 1.54) is 6.07 Å². The predicted molar refractivity (Wildman–Crippen MR) is 260 cm³/mol. The van der Waals surface area contributed by atoms with Gasteiger partial charge < -0.3 is 9.13 Å². The van der Waals surface area contributed by atoms with Crippen LogP contribution in [0, 0.1) is 40.8 Å². The number of alkyl halides is 3. The second-order valence-corrected chi connectivity index (χ2v) is 16.6. The highest BCUT2D eigenvalue weighted by atomic mass is 19.4. The molecule has 0 saturated carbocycles. The molecule has 326 valence electrons. The summed E-state index contributed by atoms with van der Waals surface area (Å²) in [6.45, 7) is 23.6. The van der Waals surface area contributed by atoms with Crippen LogP contribution in [0.3, 0.4) is 0 Å². The van der Waals surface area contributed by atoms with Crippen molar-refractivity contribution >= 4 is 55.0 Å². The summed E-state index contributed by atoms with van der Waals surface area (Å²) in [6.07, 6.45) is -4.63. The van der Waals surface area contributed by atoms with Gasteiger partial charge in [0.05, 0.1) is 46.6 Å². The molecule has 13 heteroatoms. The molecule has 0 saturated heterocycles. The lowest BCUT2D eigenvalue weighted by molar-refractivity contribution is -0.137. The molecule has 4 aromatic heterocycles. The van der Waals surface area contributed by atoms with Crippen molar-refractivity contribution in [3.8, 4) is 56.4 Å². The maximum Gasteiger partial charge on any atom is 0.415 e. The molecule has 0 aliphatic rings. The Bertz CT molecular complexity index is 3960. The van der Waals surface area contributed by atoms with Crippen molar-refractivity contribution in [1.29, 1.82) is 0 Å². The van der Waals surface area contributed by atoms with Crippen LogP contribution in [-0.4, -0.2) is 39.0 Å². The van der Waals surface area contributed by atoms with E-state index in [9.17, 15) is 13.2 Å². The lowest BCUT2D eigenvalue weighted by Crippen LogP contribution is -2.04. The summed E-state index contributed by atoms with van der Waals surface area (Å²) >= 11 is 0. The maximum absolute atomic E-state index is 14.0. The molecule has 0 unspecified atom stereocenters. The van der Waals surface area contributed by atoms with Crippen LogP contribution >= 0.6 is 0 Å². The van der Waals surface area contributed by atoms with Crippen LogP contribution < -0.4 is 0 Å². The van der Waals surface area contributed by atoms with Crippen LogP contribution in [-0.2, 0) is 6.18 Å². The number of benzene rings is 7. The number of nitrogens with zero attached hydrogens (tertiary/aromatic N) is 10. The standard InChI is InChI=1S/C55H35F3N10/c1-30-61-31(2)64-53(63-30)35-16-22-49-43(25-35)40-11-7-9-13-47(40)67(49)51-24-19-38(59-5)29-45(51)42-20-15-34(39-21-18-37(55(56,57)58)28-46(39)60-6)27-52(42)68-48-14-10-8-12-41(48)44-26-36(17-23-50(44)68)54-65-32(3)62-33(4)66-54/h7-29H,1-4H3. The Labute approximate surface area is 387 Å². The highest BCUT2D eigenvalue weighted by Crippen LogP contribution is 2.45. The van der Waals surface area contributed by atoms with Crippen LogP contribution in [0.15, 0.2) is 140 Å². The summed E-state index contributed by atoms with van der Waals surface area (Å²) in [5.41, 5.74) is 8.38. The van der Waals surface area contributed by atoms with Crippen molar-refractivity contribution in [1.82, 2.24) is 39.0 Å². The summed E-state index contributed by atoms with van der Waals surface area (Å²) < 4.78 is 46.3. The van der Waals surface area contributed by atoms with Gasteiger partial charge in [0.2, 0.25) is 0 Å². The van der Waals surface area contributed by atoms with Crippen molar-refractivity contribution in [3.05, 3.63) is 191 Å². The summed E-state index contributed by atoms with van der Waals surface area (Å²) in [7, 11) is 0. The minimum Gasteiger partial charge on any atom is -0.309 e. The van der Waals surface area contributed by atoms with Crippen LogP contribution in [0.4, 0.5) is 24.5 Å². The first-order chi connectivity index (χ1) is 32.9. The van der Waals surface area contributed by atoms with Gasteiger partial charge in [0.15, 0.2) is 23.0 Å². The normalized spacial score (nSPS) is 11.7. The second kappa shape index (κ2) is 15.8. The summed E-state index contributed by atoms with van der Waals surface area (Å²) in [5.74, 6) is 3.58. The van der Waals surface area contributed by atoms with Gasteiger partial charge in [-0.05, 0) is 117 Å². The molecule has 0 aliphatic carbocycles. The third-order valence-electron chi connectivity index (χ3n) is 12.2. The van der Waals surface area contributed by atoms with E-state index in [0.29, 0.717) is 57.4 Å². The van der Waals surface area contributed by atoms with Crippen molar-refractivity contribution in [3.63, 3.8) is 0 Å². The average molecular weight is 893 g/mol. The van der Waals surface area contributed by atoms with Gasteiger partial charge in [-0.25, -0.2) is 39.6 Å². The van der Waals surface area contributed by atoms with Crippen molar-refractivity contribution in [2.45, 2.75) is 33.9 Å². The SMILES string of the molecule is [C-]#[N+]c1ccc(-n2c3ccccc3c3cc(-c4nc(C)nc(C)n4)ccc32)c(-c2ccc(-c3ccc(C(F)(F)F)cc3[N+]#[C-])cc2-n2c3ccccc3c3cc(-c4nc(C)nc(C)n4)ccc32)c1. The van der Waals surface area contributed by atoms with E-state index in [0.717, 1.165) is 83.7 Å². The van der Waals surface area contributed by atoms with Gasteiger partial charge in [-0.15, -0.1) is 0 Å². The molecule has 11 rings (SSSR count). The van der Waals surface area contributed by atoms with Gasteiger partial charge >= 0.3 is 6.18 Å². The van der Waals surface area contributed by atoms with Gasteiger partial charge in [0.25, 0.3) is 0 Å². The monoisotopic (exact) mass is 892 g/mol. The van der Waals surface area contributed by atoms with Gasteiger partial charge in [-0.3, -0.25) is 0 Å². The van der Waals surface area contributed by atoms with Gasteiger partial charge in [0, 0.05) is 43.8 Å². The summed E-state index contributed by atoms with van der Waals surface area (Å²) in [6, 6.07) is 43.0. The Hall–Kier alpha value is -9.07. The topological polar surface area (TPSA) is 95.9 Å². The molecule has 0 radical (unpaired) electrons. The van der Waals surface area contributed by atoms with E-state index in [1.807, 2.05) is 113 Å². The Balaban J connectivity index is 1.21. The molecule has 0 bridgehead atoms. The number of hydrogen-bond acceptors (Lipinski definition) is 6. The van der Waals surface area contributed by atoms with E-state index in [2.05, 4.69) is 85.1 Å². The largest absolute Gasteiger partial charge is 0.415 e. The van der Waals surface area contributed by atoms with Crippen LogP contribution in [0.25, 0.3) is 110 Å². The van der Waals surface area contributed by atoms with E-state index in [4.69, 9.17) is 13.1 Å². The summed E-state index contributed by atoms with van der Waals surface area (Å²) in [4.78, 5) is 34.9. The van der Waals surface area contributed by atoms with E-state index in [1.54, 1.807) is 0 Å². The predicted octanol–water partition coefficient (Wildman–Crippen LogP) is 14.3. The molecule has 10 nitrogen and oxygen atoms in total. The summed E-state index contributed by atoms with van der Waals surface area (Å²) in [5, 5.41) is 3.83. The molecule has 0 atom stereocenters. The first-order valence-electron chi connectivity index (χ1n) is 21.6. The maximum atomic E-state index is 14.0.